The maximum atomic E-state index is 8.85. The van der Waals surface area contributed by atoms with Gasteiger partial charge in [0.05, 0.1) is 12.5 Å². The number of nitrogens with zero attached hydrogens (tertiary/aromatic N) is 4. The number of benzene rings is 3. The molecule has 0 N–H and O–H groups in total. The highest BCUT2D eigenvalue weighted by Crippen LogP contribution is 2.28. The maximum Gasteiger partial charge on any atom is 0.213 e. The molecule has 0 saturated carbocycles. The molecule has 5 heteroatoms. The number of pyridine rings is 1. The van der Waals surface area contributed by atoms with Gasteiger partial charge < -0.3 is 9.80 Å². The molecule has 0 saturated heterocycles. The molecule has 1 heterocycles. The van der Waals surface area contributed by atoms with E-state index in [1.165, 1.54) is 16.8 Å². The minimum atomic E-state index is 0.517. The van der Waals surface area contributed by atoms with Crippen molar-refractivity contribution < 1.29 is 4.57 Å². The van der Waals surface area contributed by atoms with Crippen molar-refractivity contribution in [3.05, 3.63) is 101 Å². The minimum absolute atomic E-state index is 0.517. The lowest BCUT2D eigenvalue weighted by molar-refractivity contribution is -0.662. The first-order chi connectivity index (χ1) is 17.9. The number of nitriles is 1. The molecule has 0 aliphatic heterocycles. The Kier molecular flexibility index (Phi) is 8.43. The van der Waals surface area contributed by atoms with Gasteiger partial charge in [-0.3, -0.25) is 0 Å². The van der Waals surface area contributed by atoms with E-state index < -0.39 is 0 Å². The molecule has 0 aliphatic carbocycles. The standard InChI is InChI=1S/C32H32BrN4/c1-35(2)29-18-11-25(12-19-29)27-22-31(37(4)32(23-27)26-9-13-28(33)14-10-26)17-8-24-6-15-30(16-7-24)36(3)21-5-20-34/h6-19,22-23H,5,21H2,1-4H3/q+1. The van der Waals surface area contributed by atoms with Crippen molar-refractivity contribution in [2.75, 3.05) is 37.5 Å². The largest absolute Gasteiger partial charge is 0.378 e. The number of hydrogen-bond acceptors (Lipinski definition) is 3. The van der Waals surface area contributed by atoms with Crippen LogP contribution < -0.4 is 14.4 Å². The number of rotatable bonds is 8. The fraction of sp³-hybridized carbons (Fsp3) is 0.188. The average Bonchev–Trinajstić information content (AvgIpc) is 2.92. The molecule has 0 fully saturated rings. The van der Waals surface area contributed by atoms with Gasteiger partial charge in [-0.25, -0.2) is 0 Å². The van der Waals surface area contributed by atoms with Crippen LogP contribution >= 0.6 is 15.9 Å². The predicted octanol–water partition coefficient (Wildman–Crippen LogP) is 7.19. The topological polar surface area (TPSA) is 34.1 Å². The molecule has 0 bridgehead atoms. The van der Waals surface area contributed by atoms with Crippen LogP contribution in [0.5, 0.6) is 0 Å². The van der Waals surface area contributed by atoms with Crippen molar-refractivity contribution in [1.29, 1.82) is 5.26 Å². The summed E-state index contributed by atoms with van der Waals surface area (Å²) in [5, 5.41) is 8.85. The van der Waals surface area contributed by atoms with Gasteiger partial charge in [0.1, 0.15) is 7.05 Å². The third kappa shape index (κ3) is 6.47. The lowest BCUT2D eigenvalue weighted by Crippen LogP contribution is -2.34. The van der Waals surface area contributed by atoms with Crippen molar-refractivity contribution in [2.45, 2.75) is 6.42 Å². The summed E-state index contributed by atoms with van der Waals surface area (Å²) < 4.78 is 3.30. The van der Waals surface area contributed by atoms with E-state index in [0.717, 1.165) is 39.2 Å². The summed E-state index contributed by atoms with van der Waals surface area (Å²) in [6, 6.07) is 32.3. The van der Waals surface area contributed by atoms with Gasteiger partial charge in [0.2, 0.25) is 11.4 Å². The monoisotopic (exact) mass is 551 g/mol. The van der Waals surface area contributed by atoms with Gasteiger partial charge in [0.15, 0.2) is 0 Å². The van der Waals surface area contributed by atoms with Gasteiger partial charge in [-0.05, 0) is 71.3 Å². The molecular formula is C32H32BrN4+. The Hall–Kier alpha value is -3.88. The predicted molar refractivity (Wildman–Crippen MR) is 159 cm³/mol. The normalized spacial score (nSPS) is 10.9. The first-order valence-corrected chi connectivity index (χ1v) is 13.1. The summed E-state index contributed by atoms with van der Waals surface area (Å²) >= 11 is 3.56. The second-order valence-corrected chi connectivity index (χ2v) is 10.2. The molecule has 186 valence electrons. The van der Waals surface area contributed by atoms with Crippen molar-refractivity contribution in [3.8, 4) is 28.5 Å². The van der Waals surface area contributed by atoms with Crippen LogP contribution in [0.1, 0.15) is 17.7 Å². The zero-order valence-electron chi connectivity index (χ0n) is 21.8. The van der Waals surface area contributed by atoms with E-state index in [1.807, 2.05) is 7.05 Å². The summed E-state index contributed by atoms with van der Waals surface area (Å²) in [5.41, 5.74) is 9.21. The van der Waals surface area contributed by atoms with Crippen LogP contribution in [-0.4, -0.2) is 27.7 Å². The number of anilines is 2. The maximum absolute atomic E-state index is 8.85. The molecule has 4 aromatic rings. The molecule has 0 aliphatic rings. The van der Waals surface area contributed by atoms with Crippen LogP contribution in [0, 0.1) is 11.3 Å². The summed E-state index contributed by atoms with van der Waals surface area (Å²) in [7, 11) is 8.25. The van der Waals surface area contributed by atoms with Crippen LogP contribution in [0.15, 0.2) is 89.4 Å². The van der Waals surface area contributed by atoms with Crippen LogP contribution in [0.25, 0.3) is 34.5 Å². The number of hydrogen-bond donors (Lipinski definition) is 0. The van der Waals surface area contributed by atoms with E-state index >= 15 is 0 Å². The zero-order chi connectivity index (χ0) is 26.4. The van der Waals surface area contributed by atoms with Gasteiger partial charge in [0.25, 0.3) is 0 Å². The van der Waals surface area contributed by atoms with Crippen LogP contribution in [-0.2, 0) is 7.05 Å². The molecule has 4 rings (SSSR count). The second-order valence-electron chi connectivity index (χ2n) is 9.32. The smallest absolute Gasteiger partial charge is 0.213 e. The molecule has 37 heavy (non-hydrogen) atoms. The SMILES string of the molecule is CN(C)c1ccc(-c2cc(C=Cc3ccc(N(C)CCC#N)cc3)[n+](C)c(-c3ccc(Br)cc3)c2)cc1. The number of halogens is 1. The summed E-state index contributed by atoms with van der Waals surface area (Å²) in [6.07, 6.45) is 4.84. The molecule has 0 unspecified atom stereocenters. The van der Waals surface area contributed by atoms with Gasteiger partial charge >= 0.3 is 0 Å². The quantitative estimate of drug-likeness (QED) is 0.217. The van der Waals surface area contributed by atoms with E-state index in [9.17, 15) is 0 Å². The van der Waals surface area contributed by atoms with Crippen molar-refractivity contribution in [2.24, 2.45) is 7.05 Å². The molecule has 0 spiro atoms. The fourth-order valence-corrected chi connectivity index (χ4v) is 4.49. The lowest BCUT2D eigenvalue weighted by Gasteiger charge is -2.17. The second kappa shape index (κ2) is 11.9. The molecule has 0 atom stereocenters. The third-order valence-electron chi connectivity index (χ3n) is 6.54. The minimum Gasteiger partial charge on any atom is -0.378 e. The Morgan fingerprint density at radius 1 is 0.784 bits per heavy atom. The highest BCUT2D eigenvalue weighted by Gasteiger charge is 2.17. The van der Waals surface area contributed by atoms with Gasteiger partial charge in [0, 0.05) is 67.3 Å². The third-order valence-corrected chi connectivity index (χ3v) is 7.07. The summed E-state index contributed by atoms with van der Waals surface area (Å²) in [5.74, 6) is 0. The highest BCUT2D eigenvalue weighted by atomic mass is 79.9. The summed E-state index contributed by atoms with van der Waals surface area (Å²) in [6.45, 7) is 0.725. The van der Waals surface area contributed by atoms with Crippen molar-refractivity contribution in [1.82, 2.24) is 0 Å². The zero-order valence-corrected chi connectivity index (χ0v) is 23.4. The molecule has 0 amide bonds. The molecule has 3 aromatic carbocycles. The Labute approximate surface area is 228 Å². The first kappa shape index (κ1) is 26.2. The van der Waals surface area contributed by atoms with Gasteiger partial charge in [-0.1, -0.05) is 40.2 Å². The highest BCUT2D eigenvalue weighted by molar-refractivity contribution is 9.10. The van der Waals surface area contributed by atoms with Crippen LogP contribution in [0.3, 0.4) is 0 Å². The van der Waals surface area contributed by atoms with Crippen LogP contribution in [0.2, 0.25) is 0 Å². The Bertz CT molecular complexity index is 1410. The van der Waals surface area contributed by atoms with Gasteiger partial charge in [-0.15, -0.1) is 0 Å². The van der Waals surface area contributed by atoms with E-state index in [0.29, 0.717) is 6.42 Å². The molecular weight excluding hydrogens is 520 g/mol. The lowest BCUT2D eigenvalue weighted by atomic mass is 10.0. The molecule has 1 aromatic heterocycles. The van der Waals surface area contributed by atoms with Crippen LogP contribution in [0.4, 0.5) is 11.4 Å². The number of aromatic nitrogens is 1. The van der Waals surface area contributed by atoms with E-state index in [4.69, 9.17) is 5.26 Å². The molecule has 0 radical (unpaired) electrons. The van der Waals surface area contributed by atoms with E-state index in [1.54, 1.807) is 0 Å². The fourth-order valence-electron chi connectivity index (χ4n) is 4.23. The van der Waals surface area contributed by atoms with E-state index in [2.05, 4.69) is 155 Å². The van der Waals surface area contributed by atoms with E-state index in [-0.39, 0.29) is 0 Å². The van der Waals surface area contributed by atoms with Crippen molar-refractivity contribution >= 4 is 39.5 Å². The summed E-state index contributed by atoms with van der Waals surface area (Å²) in [4.78, 5) is 4.22. The Morgan fingerprint density at radius 3 is 2.03 bits per heavy atom. The van der Waals surface area contributed by atoms with Gasteiger partial charge in [-0.2, -0.15) is 9.83 Å². The van der Waals surface area contributed by atoms with Crippen molar-refractivity contribution in [3.63, 3.8) is 0 Å². The molecule has 4 nitrogen and oxygen atoms in total. The average molecular weight is 553 g/mol. The Balaban J connectivity index is 1.71. The Morgan fingerprint density at radius 2 is 1.41 bits per heavy atom. The first-order valence-electron chi connectivity index (χ1n) is 12.3.